The fourth-order valence-corrected chi connectivity index (χ4v) is 7.72. The quantitative estimate of drug-likeness (QED) is 0.188. The second kappa shape index (κ2) is 11.2. The number of furan rings is 1. The summed E-state index contributed by atoms with van der Waals surface area (Å²) in [4.78, 5) is 16.3. The molecule has 0 spiro atoms. The average Bonchev–Trinajstić information content (AvgIpc) is 3.71. The molecular weight excluding hydrogens is 611 g/mol. The number of carbonyl (C=O) groups is 1. The fraction of sp³-hybridized carbons (Fsp3) is 0. The topological polar surface area (TPSA) is 33.5 Å². The third kappa shape index (κ3) is 4.34. The molecule has 1 heterocycles. The van der Waals surface area contributed by atoms with Crippen LogP contribution in [0.25, 0.3) is 66.1 Å². The van der Waals surface area contributed by atoms with Gasteiger partial charge in [0.15, 0.2) is 5.78 Å². The van der Waals surface area contributed by atoms with Crippen LogP contribution >= 0.6 is 0 Å². The Labute approximate surface area is 289 Å². The van der Waals surface area contributed by atoms with Crippen LogP contribution in [0.4, 0.5) is 17.1 Å². The van der Waals surface area contributed by atoms with Crippen molar-refractivity contribution in [2.45, 2.75) is 0 Å². The number of nitrogens with zero attached hydrogens (tertiary/aromatic N) is 1. The van der Waals surface area contributed by atoms with E-state index in [0.29, 0.717) is 0 Å². The predicted molar refractivity (Wildman–Crippen MR) is 206 cm³/mol. The number of anilines is 3. The van der Waals surface area contributed by atoms with Crippen LogP contribution in [0.15, 0.2) is 180 Å². The minimum atomic E-state index is 0.0505. The lowest BCUT2D eigenvalue weighted by molar-refractivity contribution is 0.104. The number of ketones is 1. The van der Waals surface area contributed by atoms with Crippen LogP contribution in [0.3, 0.4) is 0 Å². The van der Waals surface area contributed by atoms with Gasteiger partial charge in [0.2, 0.25) is 0 Å². The molecule has 0 fully saturated rings. The lowest BCUT2D eigenvalue weighted by Crippen LogP contribution is -2.14. The normalized spacial score (nSPS) is 12.0. The van der Waals surface area contributed by atoms with Gasteiger partial charge in [-0.1, -0.05) is 140 Å². The number of hydrogen-bond donors (Lipinski definition) is 0. The molecule has 1 aliphatic carbocycles. The molecule has 0 unspecified atom stereocenters. The smallest absolute Gasteiger partial charge is 0.196 e. The molecule has 10 rings (SSSR count). The first-order valence-corrected chi connectivity index (χ1v) is 16.9. The Kier molecular flexibility index (Phi) is 6.33. The predicted octanol–water partition coefficient (Wildman–Crippen LogP) is 12.8. The molecule has 50 heavy (non-hydrogen) atoms. The first kappa shape index (κ1) is 28.3. The van der Waals surface area contributed by atoms with Crippen molar-refractivity contribution in [3.8, 4) is 33.4 Å². The number of benzene rings is 8. The summed E-state index contributed by atoms with van der Waals surface area (Å²) in [5.74, 6) is 0.0505. The number of hydrogen-bond acceptors (Lipinski definition) is 3. The van der Waals surface area contributed by atoms with Crippen LogP contribution in [-0.4, -0.2) is 5.78 Å². The summed E-state index contributed by atoms with van der Waals surface area (Å²) >= 11 is 0. The van der Waals surface area contributed by atoms with E-state index >= 15 is 0 Å². The first-order chi connectivity index (χ1) is 24.7. The molecule has 8 aromatic carbocycles. The summed E-state index contributed by atoms with van der Waals surface area (Å²) in [6.45, 7) is 0. The summed E-state index contributed by atoms with van der Waals surface area (Å²) < 4.78 is 6.39. The highest BCUT2D eigenvalue weighted by Gasteiger charge is 2.31. The van der Waals surface area contributed by atoms with E-state index in [-0.39, 0.29) is 5.78 Å². The molecule has 9 aromatic rings. The number of fused-ring (bicyclic) bond motifs is 7. The number of carbonyl (C=O) groups excluding carboxylic acids is 1. The molecule has 3 heteroatoms. The van der Waals surface area contributed by atoms with Gasteiger partial charge in [0.1, 0.15) is 11.2 Å². The molecule has 0 bridgehead atoms. The van der Waals surface area contributed by atoms with Gasteiger partial charge in [-0.05, 0) is 75.0 Å². The van der Waals surface area contributed by atoms with Crippen molar-refractivity contribution in [2.75, 3.05) is 4.90 Å². The Bertz CT molecular complexity index is 2780. The Balaban J connectivity index is 1.15. The van der Waals surface area contributed by atoms with E-state index in [2.05, 4.69) is 138 Å². The van der Waals surface area contributed by atoms with Crippen molar-refractivity contribution >= 4 is 55.6 Å². The molecule has 0 radical (unpaired) electrons. The maximum absolute atomic E-state index is 14.1. The van der Waals surface area contributed by atoms with E-state index in [1.54, 1.807) is 0 Å². The van der Waals surface area contributed by atoms with Gasteiger partial charge < -0.3 is 9.32 Å². The van der Waals surface area contributed by atoms with Crippen molar-refractivity contribution in [1.82, 2.24) is 0 Å². The monoisotopic (exact) mass is 639 g/mol. The SMILES string of the molecule is O=C1c2ccccc2-c2cccc(N(c3ccc(-c4cccc5c4oc4ccccc45)cc3)c3cccc(-c4cccc5ccccc45)c3)c21. The Morgan fingerprint density at radius 1 is 0.420 bits per heavy atom. The van der Waals surface area contributed by atoms with E-state index in [1.165, 1.54) is 16.3 Å². The average molecular weight is 640 g/mol. The highest BCUT2D eigenvalue weighted by molar-refractivity contribution is 6.25. The van der Waals surface area contributed by atoms with Crippen LogP contribution in [0.5, 0.6) is 0 Å². The van der Waals surface area contributed by atoms with E-state index in [0.717, 1.165) is 77.9 Å². The summed E-state index contributed by atoms with van der Waals surface area (Å²) in [5, 5.41) is 4.62. The lowest BCUT2D eigenvalue weighted by atomic mass is 9.97. The highest BCUT2D eigenvalue weighted by Crippen LogP contribution is 2.47. The summed E-state index contributed by atoms with van der Waals surface area (Å²) in [7, 11) is 0. The molecule has 3 nitrogen and oxygen atoms in total. The Morgan fingerprint density at radius 2 is 1.06 bits per heavy atom. The lowest BCUT2D eigenvalue weighted by Gasteiger charge is -2.28. The van der Waals surface area contributed by atoms with Gasteiger partial charge >= 0.3 is 0 Å². The molecule has 1 aliphatic rings. The molecule has 1 aromatic heterocycles. The minimum absolute atomic E-state index is 0.0505. The highest BCUT2D eigenvalue weighted by atomic mass is 16.3. The maximum Gasteiger partial charge on any atom is 0.196 e. The fourth-order valence-electron chi connectivity index (χ4n) is 7.72. The first-order valence-electron chi connectivity index (χ1n) is 16.9. The molecule has 0 aliphatic heterocycles. The van der Waals surface area contributed by atoms with Gasteiger partial charge in [0.25, 0.3) is 0 Å². The zero-order chi connectivity index (χ0) is 33.2. The Morgan fingerprint density at radius 3 is 1.96 bits per heavy atom. The third-order valence-electron chi connectivity index (χ3n) is 10.0. The van der Waals surface area contributed by atoms with Crippen molar-refractivity contribution in [3.63, 3.8) is 0 Å². The molecular formula is C47H29NO2. The van der Waals surface area contributed by atoms with E-state index in [4.69, 9.17) is 4.42 Å². The van der Waals surface area contributed by atoms with Gasteiger partial charge in [-0.2, -0.15) is 0 Å². The van der Waals surface area contributed by atoms with Gasteiger partial charge in [-0.25, -0.2) is 0 Å². The molecule has 0 saturated carbocycles. The molecule has 234 valence electrons. The Hall–Kier alpha value is -6.71. The van der Waals surface area contributed by atoms with Crippen molar-refractivity contribution in [2.24, 2.45) is 0 Å². The van der Waals surface area contributed by atoms with Crippen molar-refractivity contribution in [3.05, 3.63) is 187 Å². The molecule has 0 N–H and O–H groups in total. The second-order valence-corrected chi connectivity index (χ2v) is 12.8. The van der Waals surface area contributed by atoms with Crippen molar-refractivity contribution < 1.29 is 9.21 Å². The zero-order valence-corrected chi connectivity index (χ0v) is 27.0. The summed E-state index contributed by atoms with van der Waals surface area (Å²) in [5.41, 5.74) is 12.3. The van der Waals surface area contributed by atoms with Crippen LogP contribution < -0.4 is 4.90 Å². The van der Waals surface area contributed by atoms with Gasteiger partial charge in [0.05, 0.1) is 11.3 Å². The standard InChI is InChI=1S/C47H29NO2/c49-46-41-18-4-3-16-38(41)40-21-10-23-43(45(40)46)48(34-14-7-13-32(29-34)36-19-8-12-30-11-1-2-15-35(30)36)33-27-25-31(26-28-33)37-20-9-22-42-39-17-5-6-24-44(39)50-47(37)42/h1-29H. The third-order valence-corrected chi connectivity index (χ3v) is 10.0. The van der Waals surface area contributed by atoms with Gasteiger partial charge in [-0.3, -0.25) is 4.79 Å². The molecule has 0 saturated heterocycles. The van der Waals surface area contributed by atoms with Crippen LogP contribution in [0, 0.1) is 0 Å². The van der Waals surface area contributed by atoms with Crippen LogP contribution in [0.1, 0.15) is 15.9 Å². The van der Waals surface area contributed by atoms with E-state index in [1.807, 2.05) is 42.5 Å². The second-order valence-electron chi connectivity index (χ2n) is 12.8. The van der Waals surface area contributed by atoms with E-state index < -0.39 is 0 Å². The summed E-state index contributed by atoms with van der Waals surface area (Å²) in [6.07, 6.45) is 0. The van der Waals surface area contributed by atoms with E-state index in [9.17, 15) is 4.79 Å². The van der Waals surface area contributed by atoms with Crippen LogP contribution in [0.2, 0.25) is 0 Å². The molecule has 0 amide bonds. The van der Waals surface area contributed by atoms with Crippen molar-refractivity contribution in [1.29, 1.82) is 0 Å². The number of rotatable bonds is 5. The van der Waals surface area contributed by atoms with Gasteiger partial charge in [-0.15, -0.1) is 0 Å². The minimum Gasteiger partial charge on any atom is -0.455 e. The largest absolute Gasteiger partial charge is 0.455 e. The molecule has 0 atom stereocenters. The zero-order valence-electron chi connectivity index (χ0n) is 27.0. The number of para-hydroxylation sites is 2. The van der Waals surface area contributed by atoms with Gasteiger partial charge in [0, 0.05) is 33.3 Å². The summed E-state index contributed by atoms with van der Waals surface area (Å²) in [6, 6.07) is 60.8. The maximum atomic E-state index is 14.1. The van der Waals surface area contributed by atoms with Crippen LogP contribution in [-0.2, 0) is 0 Å².